The summed E-state index contributed by atoms with van der Waals surface area (Å²) >= 11 is 8.48. The van der Waals surface area contributed by atoms with E-state index in [1.807, 2.05) is 12.3 Å². The first-order valence-electron chi connectivity index (χ1n) is 6.69. The molecule has 118 valence electrons. The van der Waals surface area contributed by atoms with E-state index in [1.54, 1.807) is 24.3 Å². The summed E-state index contributed by atoms with van der Waals surface area (Å²) in [5.74, 6) is -0.0481. The van der Waals surface area contributed by atoms with Crippen LogP contribution in [-0.4, -0.2) is 21.6 Å². The largest absolute Gasteiger partial charge is 0.325 e. The molecule has 0 saturated carbocycles. The molecule has 0 fully saturated rings. The molecule has 2 heterocycles. The van der Waals surface area contributed by atoms with Crippen LogP contribution in [0.5, 0.6) is 0 Å². The van der Waals surface area contributed by atoms with E-state index in [2.05, 4.69) is 15.3 Å². The minimum atomic E-state index is -0.192. The first-order valence-corrected chi connectivity index (χ1v) is 8.93. The minimum absolute atomic E-state index is 0.144. The number of aromatic amines is 1. The molecular formula is C15H12ClN3O2S2. The van der Waals surface area contributed by atoms with Gasteiger partial charge in [0, 0.05) is 10.7 Å². The molecule has 8 heteroatoms. The zero-order valence-electron chi connectivity index (χ0n) is 12.1. The summed E-state index contributed by atoms with van der Waals surface area (Å²) < 4.78 is 0. The zero-order valence-corrected chi connectivity index (χ0v) is 14.4. The molecule has 2 aromatic heterocycles. The molecule has 0 unspecified atom stereocenters. The third-order valence-electron chi connectivity index (χ3n) is 3.05. The highest BCUT2D eigenvalue weighted by atomic mass is 35.5. The third kappa shape index (κ3) is 3.74. The summed E-state index contributed by atoms with van der Waals surface area (Å²) in [5, 5.41) is 6.25. The molecule has 0 saturated heterocycles. The number of hydrogen-bond acceptors (Lipinski definition) is 5. The first-order chi connectivity index (χ1) is 11.0. The Morgan fingerprint density at radius 2 is 2.30 bits per heavy atom. The first kappa shape index (κ1) is 16.0. The highest BCUT2D eigenvalue weighted by Crippen LogP contribution is 2.22. The van der Waals surface area contributed by atoms with E-state index in [4.69, 9.17) is 11.6 Å². The van der Waals surface area contributed by atoms with E-state index in [1.165, 1.54) is 23.1 Å². The molecule has 5 nitrogen and oxygen atoms in total. The van der Waals surface area contributed by atoms with Crippen molar-refractivity contribution < 1.29 is 4.79 Å². The monoisotopic (exact) mass is 365 g/mol. The van der Waals surface area contributed by atoms with Crippen LogP contribution >= 0.6 is 34.7 Å². The molecule has 1 amide bonds. The van der Waals surface area contributed by atoms with Crippen LogP contribution in [0.2, 0.25) is 5.02 Å². The number of anilines is 1. The van der Waals surface area contributed by atoms with Crippen LogP contribution in [0.3, 0.4) is 0 Å². The Morgan fingerprint density at radius 1 is 1.48 bits per heavy atom. The predicted octanol–water partition coefficient (Wildman–Crippen LogP) is 3.68. The second-order valence-corrected chi connectivity index (χ2v) is 7.08. The molecule has 2 N–H and O–H groups in total. The van der Waals surface area contributed by atoms with Gasteiger partial charge in [0.05, 0.1) is 11.1 Å². The summed E-state index contributed by atoms with van der Waals surface area (Å²) in [6, 6.07) is 6.93. The van der Waals surface area contributed by atoms with Gasteiger partial charge in [-0.2, -0.15) is 0 Å². The van der Waals surface area contributed by atoms with Gasteiger partial charge in [0.25, 0.3) is 5.56 Å². The van der Waals surface area contributed by atoms with Crippen molar-refractivity contribution >= 4 is 56.5 Å². The maximum atomic E-state index is 12.0. The molecule has 3 aromatic rings. The number of fused-ring (bicyclic) bond motifs is 1. The van der Waals surface area contributed by atoms with E-state index in [0.29, 0.717) is 26.1 Å². The number of H-pyrrole nitrogens is 1. The average Bonchev–Trinajstić information content (AvgIpc) is 2.87. The van der Waals surface area contributed by atoms with Gasteiger partial charge in [-0.1, -0.05) is 29.4 Å². The van der Waals surface area contributed by atoms with E-state index >= 15 is 0 Å². The standard InChI is InChI=1S/C15H12ClN3O2S2/c1-8-6-22-14-12(8)13(21)18-15(19-14)23-7-11(20)17-10-4-2-3-9(16)5-10/h2-6H,7H2,1H3,(H,17,20)(H,18,19,21). The van der Waals surface area contributed by atoms with Crippen LogP contribution in [0.25, 0.3) is 10.2 Å². The van der Waals surface area contributed by atoms with Crippen LogP contribution in [0.15, 0.2) is 39.6 Å². The number of hydrogen-bond donors (Lipinski definition) is 2. The quantitative estimate of drug-likeness (QED) is 0.546. The molecule has 0 aliphatic heterocycles. The number of benzene rings is 1. The van der Waals surface area contributed by atoms with Crippen LogP contribution in [0.4, 0.5) is 5.69 Å². The summed E-state index contributed by atoms with van der Waals surface area (Å²) in [5.41, 5.74) is 1.37. The smallest absolute Gasteiger partial charge is 0.260 e. The Morgan fingerprint density at radius 3 is 3.09 bits per heavy atom. The maximum absolute atomic E-state index is 12.0. The molecule has 3 rings (SSSR count). The maximum Gasteiger partial charge on any atom is 0.260 e. The van der Waals surface area contributed by atoms with Crippen molar-refractivity contribution in [2.24, 2.45) is 0 Å². The topological polar surface area (TPSA) is 74.8 Å². The normalized spacial score (nSPS) is 10.9. The van der Waals surface area contributed by atoms with Gasteiger partial charge in [-0.25, -0.2) is 4.98 Å². The third-order valence-corrected chi connectivity index (χ3v) is 5.15. The number of carbonyl (C=O) groups is 1. The van der Waals surface area contributed by atoms with E-state index in [-0.39, 0.29) is 17.2 Å². The number of thioether (sulfide) groups is 1. The predicted molar refractivity (Wildman–Crippen MR) is 95.8 cm³/mol. The number of aryl methyl sites for hydroxylation is 1. The Balaban J connectivity index is 1.68. The number of nitrogens with one attached hydrogen (secondary N) is 2. The lowest BCUT2D eigenvalue weighted by molar-refractivity contribution is -0.113. The lowest BCUT2D eigenvalue weighted by Crippen LogP contribution is -2.15. The fraction of sp³-hybridized carbons (Fsp3) is 0.133. The average molecular weight is 366 g/mol. The van der Waals surface area contributed by atoms with Crippen molar-refractivity contribution in [1.82, 2.24) is 9.97 Å². The number of thiophene rings is 1. The van der Waals surface area contributed by atoms with Crippen LogP contribution in [0.1, 0.15) is 5.56 Å². The minimum Gasteiger partial charge on any atom is -0.325 e. The number of nitrogens with zero attached hydrogens (tertiary/aromatic N) is 1. The number of halogens is 1. The van der Waals surface area contributed by atoms with Crippen molar-refractivity contribution in [2.45, 2.75) is 12.1 Å². The summed E-state index contributed by atoms with van der Waals surface area (Å²) in [6.07, 6.45) is 0. The van der Waals surface area contributed by atoms with Gasteiger partial charge in [-0.3, -0.25) is 9.59 Å². The molecule has 0 bridgehead atoms. The van der Waals surface area contributed by atoms with Gasteiger partial charge in [-0.05, 0) is 36.1 Å². The van der Waals surface area contributed by atoms with E-state index in [9.17, 15) is 9.59 Å². The molecule has 0 aliphatic carbocycles. The molecule has 23 heavy (non-hydrogen) atoms. The van der Waals surface area contributed by atoms with E-state index in [0.717, 1.165) is 5.56 Å². The van der Waals surface area contributed by atoms with Crippen molar-refractivity contribution in [1.29, 1.82) is 0 Å². The lowest BCUT2D eigenvalue weighted by atomic mass is 10.3. The van der Waals surface area contributed by atoms with Crippen LogP contribution in [-0.2, 0) is 4.79 Å². The fourth-order valence-electron chi connectivity index (χ4n) is 2.03. The molecule has 0 spiro atoms. The Hall–Kier alpha value is -1.83. The molecule has 0 radical (unpaired) electrons. The number of carbonyl (C=O) groups excluding carboxylic acids is 1. The zero-order chi connectivity index (χ0) is 16.4. The van der Waals surface area contributed by atoms with Crippen LogP contribution in [0, 0.1) is 6.92 Å². The van der Waals surface area contributed by atoms with Crippen molar-refractivity contribution in [2.75, 3.05) is 11.1 Å². The summed E-state index contributed by atoms with van der Waals surface area (Å²) in [7, 11) is 0. The number of amides is 1. The van der Waals surface area contributed by atoms with Crippen molar-refractivity contribution in [3.8, 4) is 0 Å². The SMILES string of the molecule is Cc1csc2nc(SCC(=O)Nc3cccc(Cl)c3)[nH]c(=O)c12. The second kappa shape index (κ2) is 6.74. The van der Waals surface area contributed by atoms with Crippen LogP contribution < -0.4 is 10.9 Å². The van der Waals surface area contributed by atoms with Gasteiger partial charge in [0.15, 0.2) is 5.16 Å². The van der Waals surface area contributed by atoms with Gasteiger partial charge in [0.1, 0.15) is 4.83 Å². The lowest BCUT2D eigenvalue weighted by Gasteiger charge is -2.05. The Kier molecular flexibility index (Phi) is 4.70. The fourth-order valence-corrected chi connectivity index (χ4v) is 3.87. The Bertz CT molecular complexity index is 936. The summed E-state index contributed by atoms with van der Waals surface area (Å²) in [6.45, 7) is 1.88. The Labute approximate surface area is 145 Å². The number of rotatable bonds is 4. The molecular weight excluding hydrogens is 354 g/mol. The van der Waals surface area contributed by atoms with Gasteiger partial charge >= 0.3 is 0 Å². The van der Waals surface area contributed by atoms with Crippen molar-refractivity contribution in [3.63, 3.8) is 0 Å². The molecule has 0 aliphatic rings. The highest BCUT2D eigenvalue weighted by molar-refractivity contribution is 7.99. The van der Waals surface area contributed by atoms with Crippen molar-refractivity contribution in [3.05, 3.63) is 50.6 Å². The molecule has 0 atom stereocenters. The highest BCUT2D eigenvalue weighted by Gasteiger charge is 2.10. The second-order valence-electron chi connectivity index (χ2n) is 4.82. The van der Waals surface area contributed by atoms with E-state index < -0.39 is 0 Å². The van der Waals surface area contributed by atoms with Gasteiger partial charge in [-0.15, -0.1) is 11.3 Å². The van der Waals surface area contributed by atoms with Gasteiger partial charge < -0.3 is 10.3 Å². The number of aromatic nitrogens is 2. The summed E-state index contributed by atoms with van der Waals surface area (Å²) in [4.78, 5) is 31.8. The molecule has 1 aromatic carbocycles. The van der Waals surface area contributed by atoms with Gasteiger partial charge in [0.2, 0.25) is 5.91 Å².